The van der Waals surface area contributed by atoms with E-state index >= 15 is 0 Å². The van der Waals surface area contributed by atoms with Crippen LogP contribution in [0.15, 0.2) is 12.3 Å². The molecular weight excluding hydrogens is 295 g/mol. The van der Waals surface area contributed by atoms with E-state index in [-0.39, 0.29) is 28.2 Å². The summed E-state index contributed by atoms with van der Waals surface area (Å²) in [5.74, 6) is 1.20. The summed E-state index contributed by atoms with van der Waals surface area (Å²) in [5.41, 5.74) is -0.546. The molecule has 0 spiro atoms. The van der Waals surface area contributed by atoms with Gasteiger partial charge in [-0.2, -0.15) is 11.8 Å². The van der Waals surface area contributed by atoms with Crippen LogP contribution in [-0.2, 0) is 0 Å². The van der Waals surface area contributed by atoms with Crippen LogP contribution in [0.5, 0.6) is 0 Å². The van der Waals surface area contributed by atoms with E-state index in [1.54, 1.807) is 11.8 Å². The highest BCUT2D eigenvalue weighted by atomic mass is 35.5. The summed E-state index contributed by atoms with van der Waals surface area (Å²) < 4.78 is 0. The summed E-state index contributed by atoms with van der Waals surface area (Å²) in [6, 6.07) is 1.41. The van der Waals surface area contributed by atoms with Crippen LogP contribution in [0.2, 0.25) is 10.2 Å². The van der Waals surface area contributed by atoms with Crippen molar-refractivity contribution in [2.24, 2.45) is 0 Å². The minimum Gasteiger partial charge on any atom is -0.387 e. The quantitative estimate of drug-likeness (QED) is 0.838. The van der Waals surface area contributed by atoms with Gasteiger partial charge in [-0.3, -0.25) is 4.79 Å². The van der Waals surface area contributed by atoms with Gasteiger partial charge in [-0.25, -0.2) is 4.98 Å². The zero-order chi connectivity index (χ0) is 13.2. The Morgan fingerprint density at radius 3 is 3.06 bits per heavy atom. The van der Waals surface area contributed by atoms with Gasteiger partial charge >= 0.3 is 0 Å². The molecule has 0 saturated carbocycles. The molecule has 0 radical (unpaired) electrons. The molecule has 4 nitrogen and oxygen atoms in total. The zero-order valence-corrected chi connectivity index (χ0v) is 11.8. The molecule has 0 bridgehead atoms. The Morgan fingerprint density at radius 2 is 2.39 bits per heavy atom. The van der Waals surface area contributed by atoms with Gasteiger partial charge in [-0.15, -0.1) is 0 Å². The largest absolute Gasteiger partial charge is 0.387 e. The monoisotopic (exact) mass is 306 g/mol. The molecule has 2 heterocycles. The molecule has 7 heteroatoms. The summed E-state index contributed by atoms with van der Waals surface area (Å²) in [7, 11) is 0. The number of hydrogen-bond acceptors (Lipinski definition) is 4. The highest BCUT2D eigenvalue weighted by Crippen LogP contribution is 2.27. The third-order valence-corrected chi connectivity index (χ3v) is 4.47. The number of rotatable bonds is 3. The fourth-order valence-corrected chi connectivity index (χ4v) is 3.31. The summed E-state index contributed by atoms with van der Waals surface area (Å²) in [6.07, 6.45) is 2.02. The number of carbonyl (C=O) groups is 1. The van der Waals surface area contributed by atoms with E-state index in [0.717, 1.165) is 5.75 Å². The second-order valence-corrected chi connectivity index (χ2v) is 6.10. The van der Waals surface area contributed by atoms with Crippen LogP contribution in [0.3, 0.4) is 0 Å². The van der Waals surface area contributed by atoms with Gasteiger partial charge in [0.15, 0.2) is 0 Å². The van der Waals surface area contributed by atoms with Gasteiger partial charge in [0.05, 0.1) is 16.2 Å². The number of aromatic nitrogens is 1. The number of thioether (sulfide) groups is 1. The van der Waals surface area contributed by atoms with Crippen molar-refractivity contribution in [3.8, 4) is 0 Å². The van der Waals surface area contributed by atoms with Crippen molar-refractivity contribution in [2.75, 3.05) is 18.1 Å². The summed E-state index contributed by atoms with van der Waals surface area (Å²) in [5, 5.41) is 13.2. The van der Waals surface area contributed by atoms with Crippen LogP contribution < -0.4 is 5.32 Å². The molecule has 1 atom stereocenters. The highest BCUT2D eigenvalue weighted by molar-refractivity contribution is 7.99. The van der Waals surface area contributed by atoms with E-state index in [2.05, 4.69) is 10.3 Å². The molecule has 2 N–H and O–H groups in total. The lowest BCUT2D eigenvalue weighted by molar-refractivity contribution is 0.0612. The number of hydrogen-bond donors (Lipinski definition) is 2. The predicted octanol–water partition coefficient (Wildman–Crippen LogP) is 1.99. The zero-order valence-electron chi connectivity index (χ0n) is 9.45. The molecule has 0 aromatic carbocycles. The Labute approximate surface area is 119 Å². The minimum atomic E-state index is -0.816. The third-order valence-electron chi connectivity index (χ3n) is 2.73. The molecule has 98 valence electrons. The maximum absolute atomic E-state index is 11.9. The van der Waals surface area contributed by atoms with Crippen molar-refractivity contribution in [3.63, 3.8) is 0 Å². The lowest BCUT2D eigenvalue weighted by atomic mass is 10.0. The minimum absolute atomic E-state index is 0.208. The van der Waals surface area contributed by atoms with Gasteiger partial charge < -0.3 is 10.4 Å². The molecule has 1 amide bonds. The average Bonchev–Trinajstić information content (AvgIpc) is 2.77. The molecule has 1 aromatic rings. The maximum atomic E-state index is 11.9. The smallest absolute Gasteiger partial charge is 0.253 e. The summed E-state index contributed by atoms with van der Waals surface area (Å²) in [6.45, 7) is 0.217. The van der Waals surface area contributed by atoms with Gasteiger partial charge in [0.1, 0.15) is 5.15 Å². The van der Waals surface area contributed by atoms with Crippen LogP contribution in [0.4, 0.5) is 0 Å². The van der Waals surface area contributed by atoms with E-state index in [1.807, 2.05) is 0 Å². The number of nitrogens with zero attached hydrogens (tertiary/aromatic N) is 1. The van der Waals surface area contributed by atoms with Gasteiger partial charge in [-0.1, -0.05) is 23.2 Å². The van der Waals surface area contributed by atoms with Crippen molar-refractivity contribution < 1.29 is 9.90 Å². The van der Waals surface area contributed by atoms with Crippen LogP contribution in [0.25, 0.3) is 0 Å². The first kappa shape index (κ1) is 13.9. The Hall–Kier alpha value is -0.490. The molecule has 1 unspecified atom stereocenters. The number of halogens is 2. The van der Waals surface area contributed by atoms with Crippen molar-refractivity contribution in [1.82, 2.24) is 10.3 Å². The molecule has 1 fully saturated rings. The lowest BCUT2D eigenvalue weighted by Gasteiger charge is -2.21. The topological polar surface area (TPSA) is 62.2 Å². The van der Waals surface area contributed by atoms with E-state index < -0.39 is 5.60 Å². The average molecular weight is 307 g/mol. The second-order valence-electron chi connectivity index (χ2n) is 4.20. The molecule has 0 aliphatic carbocycles. The van der Waals surface area contributed by atoms with E-state index in [0.29, 0.717) is 12.2 Å². The molecule has 1 saturated heterocycles. The molecule has 1 aliphatic rings. The van der Waals surface area contributed by atoms with Gasteiger partial charge in [-0.05, 0) is 18.2 Å². The Balaban J connectivity index is 2.01. The van der Waals surface area contributed by atoms with E-state index in [4.69, 9.17) is 23.2 Å². The molecule has 18 heavy (non-hydrogen) atoms. The van der Waals surface area contributed by atoms with Crippen molar-refractivity contribution in [3.05, 3.63) is 28.0 Å². The van der Waals surface area contributed by atoms with Gasteiger partial charge in [0.2, 0.25) is 0 Å². The number of amides is 1. The third kappa shape index (κ3) is 3.29. The van der Waals surface area contributed by atoms with Gasteiger partial charge in [0.25, 0.3) is 5.91 Å². The number of nitrogens with one attached hydrogen (secondary N) is 1. The fraction of sp³-hybridized carbons (Fsp3) is 0.455. The first-order valence-electron chi connectivity index (χ1n) is 5.40. The Kier molecular flexibility index (Phi) is 4.37. The molecule has 1 aromatic heterocycles. The standard InChI is InChI=1S/C11H12Cl2N2O2S/c12-8-4-14-9(13)3-7(8)10(16)15-5-11(17)1-2-18-6-11/h3-4,17H,1-2,5-6H2,(H,15,16). The predicted molar refractivity (Wildman–Crippen MR) is 73.5 cm³/mol. The first-order valence-corrected chi connectivity index (χ1v) is 7.31. The van der Waals surface area contributed by atoms with Crippen LogP contribution >= 0.6 is 35.0 Å². The van der Waals surface area contributed by atoms with E-state index in [1.165, 1.54) is 12.3 Å². The molecule has 1 aliphatic heterocycles. The van der Waals surface area contributed by atoms with E-state index in [9.17, 15) is 9.90 Å². The summed E-state index contributed by atoms with van der Waals surface area (Å²) in [4.78, 5) is 15.7. The lowest BCUT2D eigenvalue weighted by Crippen LogP contribution is -2.43. The number of carbonyl (C=O) groups excluding carboxylic acids is 1. The van der Waals surface area contributed by atoms with Gasteiger partial charge in [0, 0.05) is 18.5 Å². The van der Waals surface area contributed by atoms with Crippen molar-refractivity contribution in [2.45, 2.75) is 12.0 Å². The van der Waals surface area contributed by atoms with Crippen molar-refractivity contribution >= 4 is 40.9 Å². The normalized spacial score (nSPS) is 23.1. The molecule has 2 rings (SSSR count). The second kappa shape index (κ2) is 5.65. The Bertz CT molecular complexity index is 464. The first-order chi connectivity index (χ1) is 8.50. The van der Waals surface area contributed by atoms with Crippen molar-refractivity contribution in [1.29, 1.82) is 0 Å². The SMILES string of the molecule is O=C(NCC1(O)CCSC1)c1cc(Cl)ncc1Cl. The Morgan fingerprint density at radius 1 is 1.61 bits per heavy atom. The maximum Gasteiger partial charge on any atom is 0.253 e. The summed E-state index contributed by atoms with van der Waals surface area (Å²) >= 11 is 13.3. The number of aliphatic hydroxyl groups is 1. The fourth-order valence-electron chi connectivity index (χ4n) is 1.66. The number of pyridine rings is 1. The molecular formula is C11H12Cl2N2O2S. The van der Waals surface area contributed by atoms with Crippen LogP contribution in [0, 0.1) is 0 Å². The van der Waals surface area contributed by atoms with Crippen LogP contribution in [-0.4, -0.2) is 39.6 Å². The van der Waals surface area contributed by atoms with Crippen LogP contribution in [0.1, 0.15) is 16.8 Å². The highest BCUT2D eigenvalue weighted by Gasteiger charge is 2.32.